The molecule has 0 atom stereocenters. The molecule has 1 aromatic rings. The third-order valence-corrected chi connectivity index (χ3v) is 0.496. The molecule has 0 bridgehead atoms. The molecule has 1 nitrogen and oxygen atoms in total. The maximum atomic E-state index is 2.86. The third-order valence-electron chi connectivity index (χ3n) is 0.496. The summed E-state index contributed by atoms with van der Waals surface area (Å²) in [4.78, 5) is 2.86. The normalized spacial score (nSPS) is 6.67. The number of aromatic amines is 1. The van der Waals surface area contributed by atoms with Crippen LogP contribution in [0.5, 0.6) is 0 Å². The standard InChI is InChI=1S/C4H5N.H2Te/c1-2-4-5-3-1;/h1-5H;1H2. The van der Waals surface area contributed by atoms with Crippen LogP contribution in [0.1, 0.15) is 0 Å². The Hall–Kier alpha value is 0.0696. The van der Waals surface area contributed by atoms with Crippen LogP contribution >= 0.6 is 0 Å². The minimum absolute atomic E-state index is 0. The summed E-state index contributed by atoms with van der Waals surface area (Å²) in [5, 5.41) is 0. The maximum Gasteiger partial charge on any atom is 0.000496 e. The molecule has 1 heterocycles. The second-order valence-electron chi connectivity index (χ2n) is 0.885. The van der Waals surface area contributed by atoms with Crippen LogP contribution < -0.4 is 0 Å². The van der Waals surface area contributed by atoms with E-state index in [1.165, 1.54) is 0 Å². The van der Waals surface area contributed by atoms with E-state index in [2.05, 4.69) is 4.98 Å². The van der Waals surface area contributed by atoms with Gasteiger partial charge in [0.05, 0.1) is 0 Å². The predicted molar refractivity (Wildman–Crippen MR) is 29.3 cm³/mol. The molecule has 0 amide bonds. The number of aromatic nitrogens is 1. The summed E-state index contributed by atoms with van der Waals surface area (Å²) in [6.07, 6.45) is 3.75. The van der Waals surface area contributed by atoms with Crippen LogP contribution in [-0.4, -0.2) is 28.7 Å². The quantitative estimate of drug-likeness (QED) is 0.567. The first-order chi connectivity index (χ1) is 2.50. The SMILES string of the molecule is [TeH2].c1cc[nH]c1. The fourth-order valence-corrected chi connectivity index (χ4v) is 0.278. The van der Waals surface area contributed by atoms with Crippen LogP contribution in [0.4, 0.5) is 0 Å². The molecule has 0 aliphatic rings. The summed E-state index contributed by atoms with van der Waals surface area (Å²) >= 11 is 0. The molecule has 0 unspecified atom stereocenters. The van der Waals surface area contributed by atoms with Gasteiger partial charge in [-0.2, -0.15) is 0 Å². The van der Waals surface area contributed by atoms with Crippen LogP contribution in [0.25, 0.3) is 0 Å². The van der Waals surface area contributed by atoms with Crippen molar-refractivity contribution in [2.45, 2.75) is 0 Å². The molecule has 2 heteroatoms. The Morgan fingerprint density at radius 1 is 1.00 bits per heavy atom. The minimum atomic E-state index is 0. The Morgan fingerprint density at radius 3 is 1.67 bits per heavy atom. The van der Waals surface area contributed by atoms with Crippen LogP contribution in [0.15, 0.2) is 24.5 Å². The van der Waals surface area contributed by atoms with Gasteiger partial charge in [0.1, 0.15) is 0 Å². The summed E-state index contributed by atoms with van der Waals surface area (Å²) < 4.78 is 0. The van der Waals surface area contributed by atoms with Gasteiger partial charge in [0.2, 0.25) is 0 Å². The van der Waals surface area contributed by atoms with Crippen molar-refractivity contribution in [1.29, 1.82) is 0 Å². The molecule has 0 aromatic carbocycles. The zero-order valence-corrected chi connectivity index (χ0v) is 6.16. The van der Waals surface area contributed by atoms with Crippen molar-refractivity contribution in [2.75, 3.05) is 0 Å². The minimum Gasteiger partial charge on any atom is -0.368 e. The summed E-state index contributed by atoms with van der Waals surface area (Å²) in [7, 11) is 0. The van der Waals surface area contributed by atoms with E-state index in [1.807, 2.05) is 24.5 Å². The molecule has 1 aromatic heterocycles. The van der Waals surface area contributed by atoms with Crippen molar-refractivity contribution < 1.29 is 0 Å². The summed E-state index contributed by atoms with van der Waals surface area (Å²) in [5.74, 6) is 0. The molecule has 0 aliphatic heterocycles. The van der Waals surface area contributed by atoms with Gasteiger partial charge in [-0.15, -0.1) is 0 Å². The monoisotopic (exact) mass is 199 g/mol. The summed E-state index contributed by atoms with van der Waals surface area (Å²) in [6.45, 7) is 0. The van der Waals surface area contributed by atoms with E-state index in [9.17, 15) is 0 Å². The van der Waals surface area contributed by atoms with Gasteiger partial charge >= 0.3 is 23.7 Å². The largest absolute Gasteiger partial charge is 0.368 e. The Kier molecular flexibility index (Phi) is 3.30. The molecule has 0 saturated heterocycles. The average Bonchev–Trinajstić information content (AvgIpc) is 1.76. The topological polar surface area (TPSA) is 15.8 Å². The molecule has 34 valence electrons. The number of hydrogen-bond acceptors (Lipinski definition) is 0. The zero-order chi connectivity index (χ0) is 3.54. The van der Waals surface area contributed by atoms with Crippen molar-refractivity contribution in [3.8, 4) is 0 Å². The second-order valence-corrected chi connectivity index (χ2v) is 0.885. The molecule has 0 fully saturated rings. The van der Waals surface area contributed by atoms with E-state index >= 15 is 0 Å². The molecule has 0 spiro atoms. The average molecular weight is 197 g/mol. The van der Waals surface area contributed by atoms with Crippen molar-refractivity contribution in [2.24, 2.45) is 0 Å². The van der Waals surface area contributed by atoms with Gasteiger partial charge in [-0.05, 0) is 12.1 Å². The smallest absolute Gasteiger partial charge is 0.000496 e. The molecule has 1 N–H and O–H groups in total. The second kappa shape index (κ2) is 3.27. The summed E-state index contributed by atoms with van der Waals surface area (Å²) in [5.41, 5.74) is 0. The molecular weight excluding hydrogens is 190 g/mol. The van der Waals surface area contributed by atoms with Gasteiger partial charge in [0.25, 0.3) is 0 Å². The first kappa shape index (κ1) is 6.07. The van der Waals surface area contributed by atoms with Crippen LogP contribution in [0.3, 0.4) is 0 Å². The van der Waals surface area contributed by atoms with Crippen molar-refractivity contribution in [1.82, 2.24) is 4.98 Å². The van der Waals surface area contributed by atoms with Crippen molar-refractivity contribution >= 4 is 23.7 Å². The Balaban J connectivity index is 0.000000250. The van der Waals surface area contributed by atoms with E-state index in [0.717, 1.165) is 0 Å². The van der Waals surface area contributed by atoms with Gasteiger partial charge in [0, 0.05) is 12.4 Å². The van der Waals surface area contributed by atoms with Gasteiger partial charge in [-0.1, -0.05) is 0 Å². The zero-order valence-electron chi connectivity index (χ0n) is 3.31. The molecule has 0 aliphatic carbocycles. The van der Waals surface area contributed by atoms with E-state index < -0.39 is 0 Å². The van der Waals surface area contributed by atoms with Crippen molar-refractivity contribution in [3.63, 3.8) is 0 Å². The molecule has 1 rings (SSSR count). The fraction of sp³-hybridized carbons (Fsp3) is 0. The first-order valence-electron chi connectivity index (χ1n) is 1.58. The van der Waals surface area contributed by atoms with Gasteiger partial charge < -0.3 is 4.98 Å². The Morgan fingerprint density at radius 2 is 1.50 bits per heavy atom. The van der Waals surface area contributed by atoms with E-state index in [-0.39, 0.29) is 23.7 Å². The van der Waals surface area contributed by atoms with Gasteiger partial charge in [0.15, 0.2) is 0 Å². The number of nitrogens with one attached hydrogen (secondary N) is 1. The number of hydrogen-bond donors (Lipinski definition) is 1. The maximum absolute atomic E-state index is 2.86. The first-order valence-corrected chi connectivity index (χ1v) is 1.58. The van der Waals surface area contributed by atoms with Crippen LogP contribution in [0, 0.1) is 0 Å². The van der Waals surface area contributed by atoms with Gasteiger partial charge in [-0.25, -0.2) is 0 Å². The van der Waals surface area contributed by atoms with Crippen molar-refractivity contribution in [3.05, 3.63) is 24.5 Å². The van der Waals surface area contributed by atoms with Gasteiger partial charge in [-0.3, -0.25) is 0 Å². The van der Waals surface area contributed by atoms with E-state index in [0.29, 0.717) is 0 Å². The molecule has 6 heavy (non-hydrogen) atoms. The third kappa shape index (κ3) is 1.49. The van der Waals surface area contributed by atoms with Crippen LogP contribution in [0.2, 0.25) is 0 Å². The number of H-pyrrole nitrogens is 1. The van der Waals surface area contributed by atoms with E-state index in [1.54, 1.807) is 0 Å². The molecule has 0 saturated carbocycles. The molecule has 0 radical (unpaired) electrons. The van der Waals surface area contributed by atoms with E-state index in [4.69, 9.17) is 0 Å². The number of rotatable bonds is 0. The summed E-state index contributed by atoms with van der Waals surface area (Å²) in [6, 6.07) is 3.89. The molecular formula is C4H7NTe. The Bertz CT molecular complexity index is 64.0. The predicted octanol–water partition coefficient (Wildman–Crippen LogP) is 0.0985. The Labute approximate surface area is 53.5 Å². The fourth-order valence-electron chi connectivity index (χ4n) is 0.278. The van der Waals surface area contributed by atoms with Crippen LogP contribution in [-0.2, 0) is 0 Å².